The van der Waals surface area contributed by atoms with Crippen LogP contribution in [0.4, 0.5) is 4.79 Å². The van der Waals surface area contributed by atoms with E-state index in [2.05, 4.69) is 5.32 Å². The Kier molecular flexibility index (Phi) is 6.16. The lowest BCUT2D eigenvalue weighted by Crippen LogP contribution is -2.71. The summed E-state index contributed by atoms with van der Waals surface area (Å²) in [4.78, 5) is 38.7. The van der Waals surface area contributed by atoms with Crippen LogP contribution in [0.15, 0.2) is 60.7 Å². The predicted molar refractivity (Wildman–Crippen MR) is 108 cm³/mol. The molecule has 0 aromatic heterocycles. The number of hydrogen-bond donors (Lipinski definition) is 2. The van der Waals surface area contributed by atoms with Gasteiger partial charge in [0.25, 0.3) is 0 Å². The molecule has 1 heterocycles. The van der Waals surface area contributed by atoms with Crippen molar-refractivity contribution >= 4 is 17.9 Å². The molecule has 0 spiro atoms. The minimum Gasteiger partial charge on any atom is -0.445 e. The smallest absolute Gasteiger partial charge is 0.411 e. The fraction of sp³-hybridized carbons (Fsp3) is 0.318. The molecule has 7 heteroatoms. The van der Waals surface area contributed by atoms with Crippen LogP contribution in [0.25, 0.3) is 0 Å². The van der Waals surface area contributed by atoms with Gasteiger partial charge in [-0.25, -0.2) is 4.79 Å². The molecule has 2 atom stereocenters. The average molecular weight is 395 g/mol. The summed E-state index contributed by atoms with van der Waals surface area (Å²) < 4.78 is 5.44. The normalized spacial score (nSPS) is 19.0. The highest BCUT2D eigenvalue weighted by Gasteiger charge is 2.54. The van der Waals surface area contributed by atoms with Crippen molar-refractivity contribution in [3.8, 4) is 0 Å². The Labute approximate surface area is 169 Å². The van der Waals surface area contributed by atoms with Crippen molar-refractivity contribution in [3.63, 3.8) is 0 Å². The summed E-state index contributed by atoms with van der Waals surface area (Å²) in [5.41, 5.74) is 5.95. The van der Waals surface area contributed by atoms with Gasteiger partial charge in [-0.2, -0.15) is 0 Å². The Morgan fingerprint density at radius 3 is 2.17 bits per heavy atom. The number of ether oxygens (including phenoxy) is 1. The number of carbonyl (C=O) groups excluding carboxylic acids is 3. The molecule has 1 aliphatic rings. The van der Waals surface area contributed by atoms with Crippen LogP contribution >= 0.6 is 0 Å². The van der Waals surface area contributed by atoms with Crippen LogP contribution in [-0.4, -0.2) is 40.9 Å². The van der Waals surface area contributed by atoms with Crippen LogP contribution in [0, 0.1) is 0 Å². The first-order valence-electron chi connectivity index (χ1n) is 9.55. The molecule has 0 bridgehead atoms. The number of likely N-dealkylation sites (tertiary alicyclic amines) is 1. The van der Waals surface area contributed by atoms with E-state index in [4.69, 9.17) is 10.5 Å². The van der Waals surface area contributed by atoms with Gasteiger partial charge in [0.2, 0.25) is 11.8 Å². The first-order valence-corrected chi connectivity index (χ1v) is 9.55. The molecule has 152 valence electrons. The van der Waals surface area contributed by atoms with Crippen molar-refractivity contribution in [2.45, 2.75) is 38.0 Å². The molecule has 3 rings (SSSR count). The number of nitrogens with two attached hydrogens (primary N) is 1. The summed E-state index contributed by atoms with van der Waals surface area (Å²) in [6.07, 6.45) is 0.239. The molecule has 3 N–H and O–H groups in total. The summed E-state index contributed by atoms with van der Waals surface area (Å²) in [6.45, 7) is 2.04. The molecule has 1 saturated heterocycles. The molecule has 0 saturated carbocycles. The van der Waals surface area contributed by atoms with Crippen molar-refractivity contribution in [3.05, 3.63) is 71.8 Å². The second kappa shape index (κ2) is 8.77. The van der Waals surface area contributed by atoms with E-state index in [1.807, 2.05) is 60.7 Å². The second-order valence-corrected chi connectivity index (χ2v) is 7.23. The number of nitrogens with zero attached hydrogens (tertiary/aromatic N) is 1. The molecule has 2 aromatic carbocycles. The third-order valence-corrected chi connectivity index (χ3v) is 5.23. The monoisotopic (exact) mass is 395 g/mol. The maximum Gasteiger partial charge on any atom is 0.411 e. The first-order chi connectivity index (χ1) is 13.9. The van der Waals surface area contributed by atoms with E-state index in [1.54, 1.807) is 0 Å². The molecule has 0 unspecified atom stereocenters. The summed E-state index contributed by atoms with van der Waals surface area (Å²) in [5, 5.41) is 2.64. The van der Waals surface area contributed by atoms with Crippen LogP contribution < -0.4 is 11.1 Å². The van der Waals surface area contributed by atoms with E-state index < -0.39 is 29.5 Å². The van der Waals surface area contributed by atoms with E-state index >= 15 is 0 Å². The second-order valence-electron chi connectivity index (χ2n) is 7.23. The zero-order chi connectivity index (χ0) is 20.9. The van der Waals surface area contributed by atoms with Gasteiger partial charge in [0.05, 0.1) is 0 Å². The number of benzene rings is 2. The van der Waals surface area contributed by atoms with Gasteiger partial charge in [0, 0.05) is 13.0 Å². The lowest BCUT2D eigenvalue weighted by Gasteiger charge is -2.50. The van der Waals surface area contributed by atoms with Crippen molar-refractivity contribution < 1.29 is 19.1 Å². The van der Waals surface area contributed by atoms with Crippen molar-refractivity contribution in [1.29, 1.82) is 0 Å². The fourth-order valence-corrected chi connectivity index (χ4v) is 3.39. The Bertz CT molecular complexity index is 872. The lowest BCUT2D eigenvalue weighted by atomic mass is 9.78. The quantitative estimate of drug-likeness (QED) is 0.749. The van der Waals surface area contributed by atoms with Gasteiger partial charge in [-0.3, -0.25) is 14.5 Å². The number of primary amides is 1. The minimum absolute atomic E-state index is 0.122. The zero-order valence-electron chi connectivity index (χ0n) is 16.3. The SMILES string of the molecule is C[C@H](NC(=O)[C@@]1(Cc2ccccc2)CCN1C(=O)OCc1ccccc1)C(N)=O. The van der Waals surface area contributed by atoms with Gasteiger partial charge < -0.3 is 15.8 Å². The number of rotatable bonds is 7. The van der Waals surface area contributed by atoms with E-state index in [9.17, 15) is 14.4 Å². The molecular weight excluding hydrogens is 370 g/mol. The van der Waals surface area contributed by atoms with Crippen LogP contribution in [0.1, 0.15) is 24.5 Å². The van der Waals surface area contributed by atoms with Gasteiger partial charge >= 0.3 is 6.09 Å². The molecule has 29 heavy (non-hydrogen) atoms. The molecule has 7 nitrogen and oxygen atoms in total. The highest BCUT2D eigenvalue weighted by Crippen LogP contribution is 2.35. The van der Waals surface area contributed by atoms with Crippen molar-refractivity contribution in [2.24, 2.45) is 5.73 Å². The molecular formula is C22H25N3O4. The maximum absolute atomic E-state index is 13.1. The fourth-order valence-electron chi connectivity index (χ4n) is 3.39. The Morgan fingerprint density at radius 2 is 1.66 bits per heavy atom. The topological polar surface area (TPSA) is 102 Å². The van der Waals surface area contributed by atoms with Crippen LogP contribution in [0.2, 0.25) is 0 Å². The lowest BCUT2D eigenvalue weighted by molar-refractivity contribution is -0.143. The molecule has 1 fully saturated rings. The van der Waals surface area contributed by atoms with E-state index in [-0.39, 0.29) is 6.61 Å². The largest absolute Gasteiger partial charge is 0.445 e. The third kappa shape index (κ3) is 4.56. The van der Waals surface area contributed by atoms with E-state index in [0.717, 1.165) is 11.1 Å². The number of hydrogen-bond acceptors (Lipinski definition) is 4. The molecule has 2 aromatic rings. The van der Waals surface area contributed by atoms with E-state index in [1.165, 1.54) is 11.8 Å². The molecule has 3 amide bonds. The Morgan fingerprint density at radius 1 is 1.07 bits per heavy atom. The third-order valence-electron chi connectivity index (χ3n) is 5.23. The molecule has 1 aliphatic heterocycles. The van der Waals surface area contributed by atoms with Gasteiger partial charge in [0.15, 0.2) is 0 Å². The Hall–Kier alpha value is -3.35. The van der Waals surface area contributed by atoms with Crippen LogP contribution in [0.5, 0.6) is 0 Å². The predicted octanol–water partition coefficient (Wildman–Crippen LogP) is 2.00. The highest BCUT2D eigenvalue weighted by atomic mass is 16.6. The van der Waals surface area contributed by atoms with Crippen molar-refractivity contribution in [1.82, 2.24) is 10.2 Å². The van der Waals surface area contributed by atoms with Crippen LogP contribution in [0.3, 0.4) is 0 Å². The summed E-state index contributed by atoms with van der Waals surface area (Å²) >= 11 is 0. The zero-order valence-corrected chi connectivity index (χ0v) is 16.3. The summed E-state index contributed by atoms with van der Waals surface area (Å²) in [7, 11) is 0. The van der Waals surface area contributed by atoms with E-state index in [0.29, 0.717) is 19.4 Å². The Balaban J connectivity index is 1.77. The van der Waals surface area contributed by atoms with Gasteiger partial charge in [-0.05, 0) is 24.5 Å². The van der Waals surface area contributed by atoms with Gasteiger partial charge in [0.1, 0.15) is 18.2 Å². The first kappa shape index (κ1) is 20.4. The number of amides is 3. The number of nitrogens with one attached hydrogen (secondary N) is 1. The average Bonchev–Trinajstić information content (AvgIpc) is 2.71. The number of carbonyl (C=O) groups is 3. The molecule has 0 aliphatic carbocycles. The van der Waals surface area contributed by atoms with Gasteiger partial charge in [-0.1, -0.05) is 60.7 Å². The van der Waals surface area contributed by atoms with Gasteiger partial charge in [-0.15, -0.1) is 0 Å². The standard InChI is InChI=1S/C22H25N3O4/c1-16(19(23)26)24-20(27)22(14-17-8-4-2-5-9-17)12-13-25(22)21(28)29-15-18-10-6-3-7-11-18/h2-11,16H,12-15H2,1H3,(H2,23,26)(H,24,27)/t16-,22-/m0/s1. The summed E-state index contributed by atoms with van der Waals surface area (Å²) in [6, 6.07) is 18.0. The summed E-state index contributed by atoms with van der Waals surface area (Å²) in [5.74, 6) is -1.04. The minimum atomic E-state index is -1.11. The maximum atomic E-state index is 13.1. The molecule has 0 radical (unpaired) electrons. The van der Waals surface area contributed by atoms with Crippen LogP contribution in [-0.2, 0) is 27.4 Å². The highest BCUT2D eigenvalue weighted by molar-refractivity contribution is 5.95. The van der Waals surface area contributed by atoms with Crippen molar-refractivity contribution in [2.75, 3.05) is 6.54 Å².